The first-order valence-electron chi connectivity index (χ1n) is 16.1. The molecule has 0 aliphatic rings. The molecule has 1 aromatic heterocycles. The molecule has 0 fully saturated rings. The maximum absolute atomic E-state index is 5.56. The van der Waals surface area contributed by atoms with Gasteiger partial charge in [0.05, 0.1) is 11.8 Å². The molecular weight excluding hydrogens is 587 g/mol. The Hall–Kier alpha value is -5.31. The molecule has 7 rings (SSSR count). The Bertz CT molecular complexity index is 2250. The summed E-state index contributed by atoms with van der Waals surface area (Å²) in [6.07, 6.45) is 0. The van der Waals surface area contributed by atoms with E-state index in [4.69, 9.17) is 4.99 Å². The average Bonchev–Trinajstić information content (AvgIpc) is 3.51. The molecule has 0 aliphatic carbocycles. The molecule has 228 valence electrons. The van der Waals surface area contributed by atoms with E-state index in [1.165, 1.54) is 59.1 Å². The summed E-state index contributed by atoms with van der Waals surface area (Å²) < 4.78 is 2.54. The third-order valence-corrected chi connectivity index (χ3v) is 10.2. The SMILES string of the molecule is C=C(C)C(/N=C(\C(C)=C(/C)c1ccccc1)c1cccc2sc3cc(-c4ccc(-c5ccccc5)cc4)ccc3c12)c1ccccc1. The number of hydrogen-bond acceptors (Lipinski definition) is 2. The van der Waals surface area contributed by atoms with E-state index in [0.717, 1.165) is 22.4 Å². The van der Waals surface area contributed by atoms with E-state index in [9.17, 15) is 0 Å². The van der Waals surface area contributed by atoms with Gasteiger partial charge in [-0.15, -0.1) is 11.3 Å². The van der Waals surface area contributed by atoms with E-state index in [-0.39, 0.29) is 6.04 Å². The molecule has 0 amide bonds. The molecule has 0 saturated heterocycles. The highest BCUT2D eigenvalue weighted by Gasteiger charge is 2.20. The van der Waals surface area contributed by atoms with Crippen LogP contribution in [0.25, 0.3) is 48.0 Å². The number of fused-ring (bicyclic) bond motifs is 3. The van der Waals surface area contributed by atoms with Crippen molar-refractivity contribution >= 4 is 42.8 Å². The van der Waals surface area contributed by atoms with Gasteiger partial charge in [-0.1, -0.05) is 152 Å². The van der Waals surface area contributed by atoms with Crippen LogP contribution in [-0.4, -0.2) is 5.71 Å². The summed E-state index contributed by atoms with van der Waals surface area (Å²) in [5.74, 6) is 0. The minimum absolute atomic E-state index is 0.157. The normalized spacial score (nSPS) is 13.0. The molecule has 1 heterocycles. The van der Waals surface area contributed by atoms with Gasteiger partial charge in [0.25, 0.3) is 0 Å². The average molecular weight is 624 g/mol. The van der Waals surface area contributed by atoms with Crippen LogP contribution in [0.5, 0.6) is 0 Å². The Morgan fingerprint density at radius 3 is 1.81 bits per heavy atom. The molecule has 0 N–H and O–H groups in total. The van der Waals surface area contributed by atoms with Crippen molar-refractivity contribution < 1.29 is 0 Å². The molecule has 0 bridgehead atoms. The third-order valence-electron chi connectivity index (χ3n) is 9.04. The zero-order valence-corrected chi connectivity index (χ0v) is 27.9. The number of hydrogen-bond donors (Lipinski definition) is 0. The van der Waals surface area contributed by atoms with Crippen molar-refractivity contribution in [2.75, 3.05) is 0 Å². The maximum Gasteiger partial charge on any atom is 0.0961 e. The standard InChI is InChI=1S/C45H37NS/c1-30(2)44(37-19-12-7-13-20-37)46-45(32(4)31(3)33-15-8-5-9-16-33)40-21-14-22-41-43(40)39-28-27-38(29-42(39)47-41)36-25-23-35(24-26-36)34-17-10-6-11-18-34/h5-29,44H,1H2,2-4H3/b32-31+,46-45+. The molecule has 1 atom stereocenters. The second-order valence-electron chi connectivity index (χ2n) is 12.2. The first-order chi connectivity index (χ1) is 23.0. The zero-order valence-electron chi connectivity index (χ0n) is 27.1. The van der Waals surface area contributed by atoms with Crippen LogP contribution in [0.2, 0.25) is 0 Å². The van der Waals surface area contributed by atoms with E-state index >= 15 is 0 Å². The van der Waals surface area contributed by atoms with Crippen LogP contribution >= 0.6 is 11.3 Å². The van der Waals surface area contributed by atoms with Crippen molar-refractivity contribution in [2.24, 2.45) is 4.99 Å². The number of rotatable bonds is 8. The fourth-order valence-electron chi connectivity index (χ4n) is 6.37. The first-order valence-corrected chi connectivity index (χ1v) is 16.9. The Balaban J connectivity index is 1.38. The van der Waals surface area contributed by atoms with Crippen molar-refractivity contribution in [3.8, 4) is 22.3 Å². The summed E-state index contributed by atoms with van der Waals surface area (Å²) in [6, 6.07) is 54.0. The summed E-state index contributed by atoms with van der Waals surface area (Å²) >= 11 is 1.85. The largest absolute Gasteiger partial charge is 0.272 e. The maximum atomic E-state index is 5.56. The topological polar surface area (TPSA) is 12.4 Å². The lowest BCUT2D eigenvalue weighted by molar-refractivity contribution is 0.852. The van der Waals surface area contributed by atoms with Crippen LogP contribution in [0.4, 0.5) is 0 Å². The Kier molecular flexibility index (Phi) is 8.52. The van der Waals surface area contributed by atoms with E-state index in [1.54, 1.807) is 0 Å². The molecule has 6 aromatic carbocycles. The van der Waals surface area contributed by atoms with Crippen LogP contribution in [0.15, 0.2) is 174 Å². The second kappa shape index (κ2) is 13.2. The lowest BCUT2D eigenvalue weighted by Gasteiger charge is -2.19. The van der Waals surface area contributed by atoms with Gasteiger partial charge in [-0.25, -0.2) is 0 Å². The highest BCUT2D eigenvalue weighted by molar-refractivity contribution is 7.26. The Morgan fingerprint density at radius 1 is 0.574 bits per heavy atom. The van der Waals surface area contributed by atoms with Crippen LogP contribution in [0, 0.1) is 0 Å². The van der Waals surface area contributed by atoms with E-state index in [2.05, 4.69) is 179 Å². The van der Waals surface area contributed by atoms with Crippen LogP contribution in [-0.2, 0) is 0 Å². The highest BCUT2D eigenvalue weighted by Crippen LogP contribution is 2.40. The smallest absolute Gasteiger partial charge is 0.0961 e. The zero-order chi connectivity index (χ0) is 32.3. The molecule has 0 saturated carbocycles. The second-order valence-corrected chi connectivity index (χ2v) is 13.3. The van der Waals surface area contributed by atoms with Gasteiger partial charge in [0.2, 0.25) is 0 Å². The lowest BCUT2D eigenvalue weighted by atomic mass is 9.91. The fourth-order valence-corrected chi connectivity index (χ4v) is 7.54. The van der Waals surface area contributed by atoms with Crippen LogP contribution < -0.4 is 0 Å². The summed E-state index contributed by atoms with van der Waals surface area (Å²) in [5, 5.41) is 2.51. The van der Waals surface area contributed by atoms with Gasteiger partial charge in [0, 0.05) is 25.7 Å². The molecule has 2 heteroatoms. The number of nitrogens with zero attached hydrogens (tertiary/aromatic N) is 1. The van der Waals surface area contributed by atoms with Crippen LogP contribution in [0.3, 0.4) is 0 Å². The third kappa shape index (κ3) is 6.13. The van der Waals surface area contributed by atoms with Gasteiger partial charge < -0.3 is 0 Å². The van der Waals surface area contributed by atoms with Crippen molar-refractivity contribution in [1.82, 2.24) is 0 Å². The number of allylic oxidation sites excluding steroid dienone is 2. The lowest BCUT2D eigenvalue weighted by Crippen LogP contribution is -2.09. The molecule has 0 radical (unpaired) electrons. The molecule has 0 spiro atoms. The minimum Gasteiger partial charge on any atom is -0.272 e. The predicted octanol–water partition coefficient (Wildman–Crippen LogP) is 13.0. The van der Waals surface area contributed by atoms with E-state index in [1.807, 2.05) is 11.3 Å². The van der Waals surface area contributed by atoms with Crippen molar-refractivity contribution in [2.45, 2.75) is 26.8 Å². The number of benzene rings is 6. The summed E-state index contributed by atoms with van der Waals surface area (Å²) in [6.45, 7) is 10.9. The van der Waals surface area contributed by atoms with Gasteiger partial charge in [0.15, 0.2) is 0 Å². The van der Waals surface area contributed by atoms with Gasteiger partial charge in [0.1, 0.15) is 0 Å². The summed E-state index contributed by atoms with van der Waals surface area (Å²) in [4.78, 5) is 5.56. The molecule has 0 aliphatic heterocycles. The summed E-state index contributed by atoms with van der Waals surface area (Å²) in [5.41, 5.74) is 12.8. The van der Waals surface area contributed by atoms with Gasteiger partial charge in [-0.2, -0.15) is 0 Å². The van der Waals surface area contributed by atoms with Crippen molar-refractivity contribution in [1.29, 1.82) is 0 Å². The number of thiophene rings is 1. The minimum atomic E-state index is -0.157. The van der Waals surface area contributed by atoms with Crippen molar-refractivity contribution in [3.63, 3.8) is 0 Å². The highest BCUT2D eigenvalue weighted by atomic mass is 32.1. The monoisotopic (exact) mass is 623 g/mol. The Morgan fingerprint density at radius 2 is 1.15 bits per heavy atom. The van der Waals surface area contributed by atoms with Gasteiger partial charge in [-0.3, -0.25) is 4.99 Å². The van der Waals surface area contributed by atoms with Crippen molar-refractivity contribution in [3.05, 3.63) is 186 Å². The molecule has 47 heavy (non-hydrogen) atoms. The fraction of sp³-hybridized carbons (Fsp3) is 0.0889. The van der Waals surface area contributed by atoms with Crippen LogP contribution in [0.1, 0.15) is 43.5 Å². The number of aliphatic imine (C=N–C) groups is 1. The first kappa shape index (κ1) is 30.3. The Labute approximate surface area is 281 Å². The predicted molar refractivity (Wildman–Crippen MR) is 205 cm³/mol. The van der Waals surface area contributed by atoms with E-state index < -0.39 is 0 Å². The van der Waals surface area contributed by atoms with E-state index in [0.29, 0.717) is 0 Å². The molecule has 1 nitrogen and oxygen atoms in total. The summed E-state index contributed by atoms with van der Waals surface area (Å²) in [7, 11) is 0. The van der Waals surface area contributed by atoms with Gasteiger partial charge >= 0.3 is 0 Å². The van der Waals surface area contributed by atoms with Gasteiger partial charge in [-0.05, 0) is 77.4 Å². The quantitative estimate of drug-likeness (QED) is 0.118. The molecular formula is C45H37NS. The molecule has 7 aromatic rings. The molecule has 1 unspecified atom stereocenters.